The maximum Gasteiger partial charge on any atom is 0.255 e. The summed E-state index contributed by atoms with van der Waals surface area (Å²) in [5.74, 6) is -0.675. The number of anilines is 2. The highest BCUT2D eigenvalue weighted by atomic mass is 127. The molecule has 0 atom stereocenters. The number of nitrogens with two attached hydrogens (primary N) is 1. The lowest BCUT2D eigenvalue weighted by Crippen LogP contribution is -3.00. The molecule has 4 N–H and O–H groups in total. The summed E-state index contributed by atoms with van der Waals surface area (Å²) in [6.07, 6.45) is 0. The van der Waals surface area contributed by atoms with Crippen LogP contribution in [0.5, 0.6) is 0 Å². The van der Waals surface area contributed by atoms with Gasteiger partial charge in [-0.2, -0.15) is 0 Å². The van der Waals surface area contributed by atoms with Crippen LogP contribution in [0, 0.1) is 10.7 Å². The molecule has 0 spiro atoms. The Morgan fingerprint density at radius 2 is 1.15 bits per heavy atom. The fourth-order valence-electron chi connectivity index (χ4n) is 1.65. The van der Waals surface area contributed by atoms with E-state index in [1.165, 1.54) is 18.7 Å². The van der Waals surface area contributed by atoms with Crippen molar-refractivity contribution in [2.24, 2.45) is 0 Å². The molecule has 0 fully saturated rings. The molecule has 3 amide bonds. The Morgan fingerprint density at radius 1 is 0.846 bits per heavy atom. The first-order valence-corrected chi connectivity index (χ1v) is 10.4. The van der Waals surface area contributed by atoms with Gasteiger partial charge in [-0.15, -0.1) is 0 Å². The molecule has 1 aromatic carbocycles. The Labute approximate surface area is 201 Å². The molecule has 0 saturated heterocycles. The third kappa shape index (κ3) is 7.98. The van der Waals surface area contributed by atoms with Crippen molar-refractivity contribution in [2.45, 2.75) is 13.8 Å². The molecule has 0 aliphatic carbocycles. The summed E-state index contributed by atoms with van der Waals surface area (Å²) in [5, 5.41) is 7.47. The minimum atomic E-state index is -0.242. The third-order valence-corrected chi connectivity index (χ3v) is 5.78. The lowest BCUT2D eigenvalue weighted by Gasteiger charge is -2.21. The number of rotatable bonds is 3. The van der Waals surface area contributed by atoms with Gasteiger partial charge in [-0.05, 0) is 67.8 Å². The van der Waals surface area contributed by atoms with Crippen molar-refractivity contribution in [2.75, 3.05) is 38.8 Å². The summed E-state index contributed by atoms with van der Waals surface area (Å²) in [7, 11) is 7.31. The average Bonchev–Trinajstić information content (AvgIpc) is 2.48. The number of carbonyl (C=O) groups is 3. The van der Waals surface area contributed by atoms with Gasteiger partial charge in [0.15, 0.2) is 0 Å². The number of quaternary nitrogens is 1. The summed E-state index contributed by atoms with van der Waals surface area (Å²) >= 11 is 6.13. The van der Waals surface area contributed by atoms with Crippen LogP contribution < -0.4 is 28.4 Å². The Hall–Kier alpha value is 0.0700. The second kappa shape index (κ2) is 13.3. The van der Waals surface area contributed by atoms with E-state index in [4.69, 9.17) is 0 Å². The maximum atomic E-state index is 12.5. The van der Waals surface area contributed by atoms with Crippen LogP contribution in [0.2, 0.25) is 0 Å². The first-order valence-electron chi connectivity index (χ1n) is 7.20. The minimum Gasteiger partial charge on any atom is -1.00 e. The number of carbonyl (C=O) groups excluding carboxylic acids is 3. The number of amides is 3. The van der Waals surface area contributed by atoms with Gasteiger partial charge in [-0.1, -0.05) is 0 Å². The predicted molar refractivity (Wildman–Crippen MR) is 125 cm³/mol. The van der Waals surface area contributed by atoms with Gasteiger partial charge in [0.05, 0.1) is 41.7 Å². The third-order valence-electron chi connectivity index (χ3n) is 2.54. The lowest BCUT2D eigenvalue weighted by atomic mass is 10.1. The van der Waals surface area contributed by atoms with E-state index in [-0.39, 0.29) is 30.1 Å². The fraction of sp³-hybridized carbons (Fsp3) is 0.400. The molecule has 148 valence electrons. The minimum absolute atomic E-state index is 0. The van der Waals surface area contributed by atoms with Crippen molar-refractivity contribution in [3.05, 3.63) is 16.3 Å². The van der Waals surface area contributed by atoms with Gasteiger partial charge in [0.2, 0.25) is 11.8 Å². The Bertz CT molecular complexity index is 642. The van der Waals surface area contributed by atoms with Crippen molar-refractivity contribution >= 4 is 96.9 Å². The number of nitrogens with one attached hydrogen (secondary N) is 2. The molecule has 0 aliphatic rings. The predicted octanol–water partition coefficient (Wildman–Crippen LogP) is -1.07. The molecule has 26 heavy (non-hydrogen) atoms. The molecule has 0 radical (unpaired) electrons. The summed E-state index contributed by atoms with van der Waals surface area (Å²) in [5.41, 5.74) is 1.52. The molecule has 0 unspecified atom stereocenters. The van der Waals surface area contributed by atoms with Crippen LogP contribution in [0.4, 0.5) is 11.4 Å². The number of benzene rings is 1. The first-order chi connectivity index (χ1) is 11.5. The van der Waals surface area contributed by atoms with Crippen LogP contribution in [0.15, 0.2) is 0 Å². The zero-order valence-electron chi connectivity index (χ0n) is 15.3. The van der Waals surface area contributed by atoms with Crippen molar-refractivity contribution in [1.82, 2.24) is 4.90 Å². The van der Waals surface area contributed by atoms with Gasteiger partial charge in [0, 0.05) is 27.9 Å². The van der Waals surface area contributed by atoms with E-state index in [1.54, 1.807) is 14.1 Å². The van der Waals surface area contributed by atoms with Crippen molar-refractivity contribution in [3.8, 4) is 0 Å². The van der Waals surface area contributed by atoms with E-state index in [0.29, 0.717) is 27.6 Å². The molecule has 7 nitrogen and oxygen atoms in total. The molecule has 11 heteroatoms. The van der Waals surface area contributed by atoms with E-state index in [1.807, 2.05) is 64.6 Å². The Morgan fingerprint density at radius 3 is 1.38 bits per heavy atom. The van der Waals surface area contributed by atoms with Gasteiger partial charge >= 0.3 is 0 Å². The average molecular weight is 723 g/mol. The summed E-state index contributed by atoms with van der Waals surface area (Å²) in [4.78, 5) is 36.8. The normalized spacial score (nSPS) is 9.27. The molecule has 1 rings (SSSR count). The highest BCUT2D eigenvalue weighted by Gasteiger charge is 2.26. The Kier molecular flexibility index (Phi) is 14.4. The molecule has 1 aromatic rings. The van der Waals surface area contributed by atoms with Crippen LogP contribution in [0.1, 0.15) is 24.2 Å². The second-order valence-corrected chi connectivity index (χ2v) is 8.44. The standard InChI is InChI=1S/C13H14I3N3O3.C2H7N.ClH/c1-5(20)17-11-8(14)7(13(22)19(3)4)9(15)12(10(11)16)18-6(2)21;1-3-2;/h1-4H3,(H,17,20)(H,18,21);3H,1-2H3;1H. The van der Waals surface area contributed by atoms with Crippen LogP contribution in [-0.2, 0) is 9.59 Å². The quantitative estimate of drug-likeness (QED) is 0.348. The van der Waals surface area contributed by atoms with Crippen LogP contribution in [-0.4, -0.2) is 50.8 Å². The second-order valence-electron chi connectivity index (χ2n) is 5.21. The zero-order chi connectivity index (χ0) is 19.9. The van der Waals surface area contributed by atoms with Gasteiger partial charge in [0.25, 0.3) is 5.91 Å². The molecule has 0 bridgehead atoms. The summed E-state index contributed by atoms with van der Waals surface area (Å²) in [6.45, 7) is 2.80. The largest absolute Gasteiger partial charge is 1.00 e. The molecule has 0 heterocycles. The number of hydrogen-bond acceptors (Lipinski definition) is 3. The maximum absolute atomic E-state index is 12.5. The number of halogens is 4. The lowest BCUT2D eigenvalue weighted by molar-refractivity contribution is -0.597. The van der Waals surface area contributed by atoms with Crippen LogP contribution in [0.25, 0.3) is 0 Å². The summed E-state index contributed by atoms with van der Waals surface area (Å²) < 4.78 is 1.98. The van der Waals surface area contributed by atoms with E-state index < -0.39 is 0 Å². The fourth-order valence-corrected chi connectivity index (χ4v) is 5.81. The number of hydrogen-bond donors (Lipinski definition) is 3. The van der Waals surface area contributed by atoms with Gasteiger partial charge in [-0.25, -0.2) is 0 Å². The Balaban J connectivity index is 0. The first kappa shape index (κ1) is 28.3. The highest BCUT2D eigenvalue weighted by Crippen LogP contribution is 2.39. The van der Waals surface area contributed by atoms with Crippen molar-refractivity contribution < 1.29 is 32.1 Å². The van der Waals surface area contributed by atoms with E-state index in [0.717, 1.165) is 0 Å². The smallest absolute Gasteiger partial charge is 0.255 e. The van der Waals surface area contributed by atoms with Crippen LogP contribution >= 0.6 is 67.8 Å². The van der Waals surface area contributed by atoms with Gasteiger partial charge < -0.3 is 33.3 Å². The van der Waals surface area contributed by atoms with E-state index >= 15 is 0 Å². The molecular formula is C15H22ClI3N4O3. The topological polar surface area (TPSA) is 95.1 Å². The van der Waals surface area contributed by atoms with E-state index in [2.05, 4.69) is 33.2 Å². The van der Waals surface area contributed by atoms with E-state index in [9.17, 15) is 14.4 Å². The molecule has 0 aliphatic heterocycles. The number of nitrogens with zero attached hydrogens (tertiary/aromatic N) is 1. The van der Waals surface area contributed by atoms with Gasteiger partial charge in [0.1, 0.15) is 0 Å². The van der Waals surface area contributed by atoms with Gasteiger partial charge in [-0.3, -0.25) is 14.4 Å². The SMILES string of the molecule is CC(=O)Nc1c(I)c(NC(C)=O)c(I)c(C(=O)N(C)C)c1I.C[NH2+]C.[Cl-]. The molecule has 0 aromatic heterocycles. The molecular weight excluding hydrogens is 700 g/mol. The van der Waals surface area contributed by atoms with Crippen molar-refractivity contribution in [3.63, 3.8) is 0 Å². The van der Waals surface area contributed by atoms with Crippen LogP contribution in [0.3, 0.4) is 0 Å². The zero-order valence-corrected chi connectivity index (χ0v) is 22.5. The highest BCUT2D eigenvalue weighted by molar-refractivity contribution is 14.1. The monoisotopic (exact) mass is 722 g/mol. The molecule has 0 saturated carbocycles. The summed E-state index contributed by atoms with van der Waals surface area (Å²) in [6, 6.07) is 0. The van der Waals surface area contributed by atoms with Crippen molar-refractivity contribution in [1.29, 1.82) is 0 Å².